The Labute approximate surface area is 147 Å². The molecule has 0 aliphatic heterocycles. The molecule has 0 bridgehead atoms. The average Bonchev–Trinajstić information content (AvgIpc) is 2.96. The van der Waals surface area contributed by atoms with Gasteiger partial charge in [-0.2, -0.15) is 0 Å². The van der Waals surface area contributed by atoms with Crippen molar-refractivity contribution in [2.75, 3.05) is 7.11 Å². The summed E-state index contributed by atoms with van der Waals surface area (Å²) in [6.45, 7) is 4.00. The fourth-order valence-electron chi connectivity index (χ4n) is 2.21. The van der Waals surface area contributed by atoms with E-state index in [0.29, 0.717) is 0 Å². The van der Waals surface area contributed by atoms with Gasteiger partial charge in [0.2, 0.25) is 10.0 Å². The van der Waals surface area contributed by atoms with E-state index in [9.17, 15) is 13.2 Å². The minimum absolute atomic E-state index is 0.00941. The molecule has 2 rings (SSSR count). The van der Waals surface area contributed by atoms with Crippen molar-refractivity contribution in [1.29, 1.82) is 0 Å². The van der Waals surface area contributed by atoms with Crippen molar-refractivity contribution in [1.82, 2.24) is 9.29 Å². The lowest BCUT2D eigenvalue weighted by Crippen LogP contribution is -2.22. The highest BCUT2D eigenvalue weighted by Gasteiger charge is 2.20. The second kappa shape index (κ2) is 7.71. The van der Waals surface area contributed by atoms with Crippen LogP contribution in [0.1, 0.15) is 29.9 Å². The number of ether oxygens (including phenoxy) is 2. The molecule has 0 fully saturated rings. The molecule has 0 aliphatic rings. The Balaban J connectivity index is 2.08. The van der Waals surface area contributed by atoms with Gasteiger partial charge in [0, 0.05) is 19.8 Å². The lowest BCUT2D eigenvalue weighted by molar-refractivity contribution is 0.0590. The average molecular weight is 366 g/mol. The zero-order valence-corrected chi connectivity index (χ0v) is 15.5. The van der Waals surface area contributed by atoms with Crippen LogP contribution in [0.15, 0.2) is 41.4 Å². The molecule has 136 valence electrons. The molecular weight excluding hydrogens is 344 g/mol. The molecule has 0 atom stereocenters. The third kappa shape index (κ3) is 4.83. The SMILES string of the molecule is COC(=O)c1cc(S(=O)(=O)NCc2ccc(OC(C)C)cc2)cn1C. The van der Waals surface area contributed by atoms with E-state index in [-0.39, 0.29) is 23.2 Å². The number of esters is 1. The minimum atomic E-state index is -3.74. The van der Waals surface area contributed by atoms with E-state index >= 15 is 0 Å². The maximum Gasteiger partial charge on any atom is 0.354 e. The summed E-state index contributed by atoms with van der Waals surface area (Å²) < 4.78 is 38.9. The molecular formula is C17H22N2O5S. The minimum Gasteiger partial charge on any atom is -0.491 e. The van der Waals surface area contributed by atoms with Gasteiger partial charge in [0.1, 0.15) is 16.3 Å². The molecule has 0 aliphatic carbocycles. The molecule has 1 aromatic heterocycles. The first-order chi connectivity index (χ1) is 11.7. The summed E-state index contributed by atoms with van der Waals surface area (Å²) in [4.78, 5) is 11.6. The number of nitrogens with zero attached hydrogens (tertiary/aromatic N) is 1. The van der Waals surface area contributed by atoms with Crippen molar-refractivity contribution in [2.45, 2.75) is 31.4 Å². The van der Waals surface area contributed by atoms with E-state index in [1.807, 2.05) is 13.8 Å². The van der Waals surface area contributed by atoms with Crippen molar-refractivity contribution < 1.29 is 22.7 Å². The van der Waals surface area contributed by atoms with Crippen LogP contribution in [-0.2, 0) is 28.4 Å². The number of nitrogens with one attached hydrogen (secondary N) is 1. The normalized spacial score (nSPS) is 11.6. The molecule has 0 radical (unpaired) electrons. The van der Waals surface area contributed by atoms with Crippen molar-refractivity contribution in [2.24, 2.45) is 7.05 Å². The molecule has 1 aromatic carbocycles. The molecule has 0 amide bonds. The molecule has 8 heteroatoms. The third-order valence-corrected chi connectivity index (χ3v) is 4.81. The lowest BCUT2D eigenvalue weighted by atomic mass is 10.2. The monoisotopic (exact) mass is 366 g/mol. The van der Waals surface area contributed by atoms with Crippen molar-refractivity contribution >= 4 is 16.0 Å². The number of rotatable bonds is 7. The summed E-state index contributed by atoms with van der Waals surface area (Å²) >= 11 is 0. The van der Waals surface area contributed by atoms with Gasteiger partial charge in [-0.25, -0.2) is 17.9 Å². The van der Waals surface area contributed by atoms with Gasteiger partial charge < -0.3 is 14.0 Å². The fourth-order valence-corrected chi connectivity index (χ4v) is 3.30. The number of aromatic nitrogens is 1. The van der Waals surface area contributed by atoms with Crippen LogP contribution in [0.5, 0.6) is 5.75 Å². The Morgan fingerprint density at radius 2 is 1.88 bits per heavy atom. The van der Waals surface area contributed by atoms with Crippen LogP contribution in [0.25, 0.3) is 0 Å². The first kappa shape index (κ1) is 19.0. The number of hydrogen-bond donors (Lipinski definition) is 1. The van der Waals surface area contributed by atoms with Crippen molar-refractivity contribution in [3.05, 3.63) is 47.8 Å². The number of benzene rings is 1. The molecule has 0 saturated heterocycles. The topological polar surface area (TPSA) is 86.6 Å². The number of aryl methyl sites for hydroxylation is 1. The number of carbonyl (C=O) groups is 1. The number of methoxy groups -OCH3 is 1. The predicted octanol–water partition coefficient (Wildman–Crippen LogP) is 2.08. The maximum absolute atomic E-state index is 12.4. The van der Waals surface area contributed by atoms with Gasteiger partial charge in [-0.15, -0.1) is 0 Å². The van der Waals surface area contributed by atoms with E-state index < -0.39 is 16.0 Å². The Bertz CT molecular complexity index is 838. The summed E-state index contributed by atoms with van der Waals surface area (Å²) in [5.41, 5.74) is 0.960. The van der Waals surface area contributed by atoms with E-state index in [1.165, 1.54) is 23.9 Å². The highest BCUT2D eigenvalue weighted by Crippen LogP contribution is 2.16. The molecule has 0 saturated carbocycles. The van der Waals surface area contributed by atoms with Crippen LogP contribution in [0.4, 0.5) is 0 Å². The van der Waals surface area contributed by atoms with Crippen molar-refractivity contribution in [3.8, 4) is 5.75 Å². The largest absolute Gasteiger partial charge is 0.491 e. The second-order valence-corrected chi connectivity index (χ2v) is 7.57. The van der Waals surface area contributed by atoms with Crippen LogP contribution in [0.3, 0.4) is 0 Å². The van der Waals surface area contributed by atoms with Crippen LogP contribution in [-0.4, -0.2) is 32.2 Å². The van der Waals surface area contributed by atoms with Crippen LogP contribution < -0.4 is 9.46 Å². The molecule has 2 aromatic rings. The van der Waals surface area contributed by atoms with Gasteiger partial charge in [0.05, 0.1) is 13.2 Å². The highest BCUT2D eigenvalue weighted by atomic mass is 32.2. The summed E-state index contributed by atoms with van der Waals surface area (Å²) in [7, 11) is -0.914. The maximum atomic E-state index is 12.4. The number of sulfonamides is 1. The smallest absolute Gasteiger partial charge is 0.354 e. The van der Waals surface area contributed by atoms with Gasteiger partial charge in [0.15, 0.2) is 0 Å². The Kier molecular flexibility index (Phi) is 5.86. The predicted molar refractivity (Wildman–Crippen MR) is 93.0 cm³/mol. The first-order valence-electron chi connectivity index (χ1n) is 7.73. The number of carbonyl (C=O) groups excluding carboxylic acids is 1. The summed E-state index contributed by atoms with van der Waals surface area (Å²) in [5.74, 6) is 0.136. The van der Waals surface area contributed by atoms with E-state index in [2.05, 4.69) is 9.46 Å². The number of hydrogen-bond acceptors (Lipinski definition) is 5. The van der Waals surface area contributed by atoms with Gasteiger partial charge in [-0.05, 0) is 37.6 Å². The van der Waals surface area contributed by atoms with Crippen LogP contribution >= 0.6 is 0 Å². The van der Waals surface area contributed by atoms with Crippen LogP contribution in [0, 0.1) is 0 Å². The van der Waals surface area contributed by atoms with E-state index in [0.717, 1.165) is 11.3 Å². The van der Waals surface area contributed by atoms with E-state index in [4.69, 9.17) is 4.74 Å². The summed E-state index contributed by atoms with van der Waals surface area (Å²) in [6, 6.07) is 8.47. The fraction of sp³-hybridized carbons (Fsp3) is 0.353. The molecule has 0 spiro atoms. The molecule has 7 nitrogen and oxygen atoms in total. The second-order valence-electron chi connectivity index (χ2n) is 5.80. The Morgan fingerprint density at radius 3 is 2.44 bits per heavy atom. The highest BCUT2D eigenvalue weighted by molar-refractivity contribution is 7.89. The van der Waals surface area contributed by atoms with Gasteiger partial charge in [0.25, 0.3) is 0 Å². The molecule has 1 heterocycles. The zero-order valence-electron chi connectivity index (χ0n) is 14.6. The third-order valence-electron chi connectivity index (χ3n) is 3.45. The first-order valence-corrected chi connectivity index (χ1v) is 9.21. The standard InChI is InChI=1S/C17H22N2O5S/c1-12(2)24-14-7-5-13(6-8-14)10-18-25(21,22)15-9-16(17(20)23-4)19(3)11-15/h5-9,11-12,18H,10H2,1-4H3. The summed E-state index contributed by atoms with van der Waals surface area (Å²) in [5, 5.41) is 0. The molecule has 0 unspecified atom stereocenters. The van der Waals surface area contributed by atoms with Crippen LogP contribution in [0.2, 0.25) is 0 Å². The van der Waals surface area contributed by atoms with E-state index in [1.54, 1.807) is 31.3 Å². The molecule has 25 heavy (non-hydrogen) atoms. The van der Waals surface area contributed by atoms with Gasteiger partial charge in [-0.3, -0.25) is 0 Å². The van der Waals surface area contributed by atoms with Gasteiger partial charge in [-0.1, -0.05) is 12.1 Å². The lowest BCUT2D eigenvalue weighted by Gasteiger charge is -2.10. The van der Waals surface area contributed by atoms with Gasteiger partial charge >= 0.3 is 5.97 Å². The zero-order chi connectivity index (χ0) is 18.6. The quantitative estimate of drug-likeness (QED) is 0.758. The van der Waals surface area contributed by atoms with Crippen molar-refractivity contribution in [3.63, 3.8) is 0 Å². The Hall–Kier alpha value is -2.32. The summed E-state index contributed by atoms with van der Waals surface area (Å²) in [6.07, 6.45) is 1.44. The molecule has 1 N–H and O–H groups in total. The Morgan fingerprint density at radius 1 is 1.24 bits per heavy atom.